The third kappa shape index (κ3) is 3.30. The van der Waals surface area contributed by atoms with E-state index in [2.05, 4.69) is 45.5 Å². The van der Waals surface area contributed by atoms with Crippen molar-refractivity contribution in [3.8, 4) is 5.75 Å². The number of aromatic nitrogens is 4. The number of hydrogen-bond acceptors (Lipinski definition) is 6. The lowest BCUT2D eigenvalue weighted by Gasteiger charge is -2.38. The van der Waals surface area contributed by atoms with E-state index in [9.17, 15) is 9.90 Å². The van der Waals surface area contributed by atoms with Crippen molar-refractivity contribution in [1.82, 2.24) is 25.1 Å². The number of nitrogens with zero attached hydrogens (tertiary/aromatic N) is 5. The normalized spacial score (nSPS) is 20.9. The van der Waals surface area contributed by atoms with Gasteiger partial charge in [-0.15, -0.1) is 0 Å². The van der Waals surface area contributed by atoms with Crippen molar-refractivity contribution in [2.24, 2.45) is 5.92 Å². The van der Waals surface area contributed by atoms with Gasteiger partial charge in [0, 0.05) is 42.8 Å². The highest BCUT2D eigenvalue weighted by Gasteiger charge is 2.34. The second kappa shape index (κ2) is 7.93. The maximum Gasteiger partial charge on any atom is 0.246 e. The van der Waals surface area contributed by atoms with Crippen LogP contribution in [-0.4, -0.2) is 62.3 Å². The first-order chi connectivity index (χ1) is 15.5. The lowest BCUT2D eigenvalue weighted by atomic mass is 9.73. The van der Waals surface area contributed by atoms with Crippen LogP contribution in [0.5, 0.6) is 5.75 Å². The number of benzene rings is 1. The average molecular weight is 433 g/mol. The van der Waals surface area contributed by atoms with Crippen molar-refractivity contribution in [2.45, 2.75) is 32.6 Å². The van der Waals surface area contributed by atoms with E-state index >= 15 is 0 Å². The molecule has 32 heavy (non-hydrogen) atoms. The Morgan fingerprint density at radius 1 is 1.25 bits per heavy atom. The Labute approximate surface area is 187 Å². The third-order valence-corrected chi connectivity index (χ3v) is 7.04. The summed E-state index contributed by atoms with van der Waals surface area (Å²) in [6, 6.07) is 1.83. The molecular formula is C24H28N6O2. The number of anilines is 1. The van der Waals surface area contributed by atoms with Gasteiger partial charge in [-0.25, -0.2) is 9.97 Å². The first kappa shape index (κ1) is 20.5. The number of aromatic hydroxyl groups is 1. The average Bonchev–Trinajstić information content (AvgIpc) is 3.29. The molecule has 1 aliphatic carbocycles. The fourth-order valence-corrected chi connectivity index (χ4v) is 5.37. The molecule has 5 rings (SSSR count). The van der Waals surface area contributed by atoms with Gasteiger partial charge >= 0.3 is 0 Å². The molecule has 1 fully saturated rings. The molecule has 2 aromatic heterocycles. The van der Waals surface area contributed by atoms with Crippen molar-refractivity contribution in [3.63, 3.8) is 0 Å². The molecule has 0 saturated carbocycles. The Balaban J connectivity index is 1.45. The van der Waals surface area contributed by atoms with Crippen LogP contribution in [0.3, 0.4) is 0 Å². The van der Waals surface area contributed by atoms with Crippen molar-refractivity contribution in [3.05, 3.63) is 53.6 Å². The Morgan fingerprint density at radius 3 is 2.78 bits per heavy atom. The number of fused-ring (bicyclic) bond motifs is 2. The van der Waals surface area contributed by atoms with Crippen LogP contribution in [0.1, 0.15) is 35.2 Å². The fourth-order valence-electron chi connectivity index (χ4n) is 5.37. The molecule has 2 aliphatic rings. The summed E-state index contributed by atoms with van der Waals surface area (Å²) in [5.41, 5.74) is 5.32. The largest absolute Gasteiger partial charge is 0.506 e. The van der Waals surface area contributed by atoms with Gasteiger partial charge in [0.2, 0.25) is 5.91 Å². The number of aromatic amines is 1. The second-order valence-corrected chi connectivity index (χ2v) is 8.92. The number of nitrogens with one attached hydrogen (secondary N) is 1. The van der Waals surface area contributed by atoms with Gasteiger partial charge in [0.15, 0.2) is 0 Å². The number of aryl methyl sites for hydroxylation is 1. The molecule has 3 aromatic rings. The van der Waals surface area contributed by atoms with Crippen molar-refractivity contribution in [1.29, 1.82) is 0 Å². The Bertz CT molecular complexity index is 1190. The molecule has 0 unspecified atom stereocenters. The predicted octanol–water partition coefficient (Wildman–Crippen LogP) is 2.72. The second-order valence-electron chi connectivity index (χ2n) is 8.92. The summed E-state index contributed by atoms with van der Waals surface area (Å²) in [7, 11) is 0. The molecular weight excluding hydrogens is 404 g/mol. The van der Waals surface area contributed by atoms with E-state index in [1.165, 1.54) is 17.2 Å². The lowest BCUT2D eigenvalue weighted by Crippen LogP contribution is -2.49. The minimum atomic E-state index is -0.0133. The van der Waals surface area contributed by atoms with E-state index in [-0.39, 0.29) is 17.6 Å². The number of amides is 1. The number of H-pyrrole nitrogens is 1. The first-order valence-corrected chi connectivity index (χ1v) is 11.1. The van der Waals surface area contributed by atoms with Crippen molar-refractivity contribution in [2.75, 3.05) is 31.1 Å². The maximum absolute atomic E-state index is 11.9. The number of carbonyl (C=O) groups is 1. The molecule has 1 aromatic carbocycles. The Morgan fingerprint density at radius 2 is 2.03 bits per heavy atom. The highest BCUT2D eigenvalue weighted by atomic mass is 16.3. The molecule has 0 radical (unpaired) electrons. The van der Waals surface area contributed by atoms with Crippen molar-refractivity contribution < 1.29 is 9.90 Å². The van der Waals surface area contributed by atoms with Gasteiger partial charge in [-0.1, -0.05) is 13.5 Å². The van der Waals surface area contributed by atoms with Gasteiger partial charge in [0.25, 0.3) is 0 Å². The van der Waals surface area contributed by atoms with Crippen LogP contribution < -0.4 is 4.90 Å². The molecule has 1 saturated heterocycles. The molecule has 2 N–H and O–H groups in total. The highest BCUT2D eigenvalue weighted by Crippen LogP contribution is 2.43. The van der Waals surface area contributed by atoms with Gasteiger partial charge in [0.1, 0.15) is 23.4 Å². The number of phenols is 1. The lowest BCUT2D eigenvalue weighted by molar-refractivity contribution is -0.126. The molecule has 2 atom stereocenters. The number of rotatable bonds is 3. The number of carbonyl (C=O) groups excluding carboxylic acids is 1. The van der Waals surface area contributed by atoms with Gasteiger partial charge in [-0.2, -0.15) is 5.10 Å². The fraction of sp³-hybridized carbons (Fsp3) is 0.417. The molecule has 3 heterocycles. The van der Waals surface area contributed by atoms with E-state index < -0.39 is 0 Å². The summed E-state index contributed by atoms with van der Waals surface area (Å²) >= 11 is 0. The summed E-state index contributed by atoms with van der Waals surface area (Å²) in [5.74, 6) is 1.90. The minimum Gasteiger partial charge on any atom is -0.506 e. The predicted molar refractivity (Wildman–Crippen MR) is 123 cm³/mol. The van der Waals surface area contributed by atoms with Crippen molar-refractivity contribution >= 4 is 22.6 Å². The topological polar surface area (TPSA) is 98.2 Å². The smallest absolute Gasteiger partial charge is 0.246 e. The zero-order valence-electron chi connectivity index (χ0n) is 18.5. The monoisotopic (exact) mass is 432 g/mol. The molecule has 1 amide bonds. The standard InChI is InChI=1S/C24H28N6O2/c1-4-21(32)29-5-7-30(8-6-29)24-17-9-14(2)16(11-19(17)25-13-26-24)22-15(3)10-20(31)23-18(22)12-27-28-23/h4,10,12-14,16,31H,1,5-9,11H2,2-3H3,(H,27,28)/t14-,16-/m1/s1. The molecule has 8 heteroatoms. The first-order valence-electron chi connectivity index (χ1n) is 11.1. The van der Waals surface area contributed by atoms with Gasteiger partial charge in [-0.05, 0) is 54.9 Å². The minimum absolute atomic E-state index is 0.0133. The Kier molecular flexibility index (Phi) is 5.07. The quantitative estimate of drug-likeness (QED) is 0.618. The zero-order chi connectivity index (χ0) is 22.4. The molecule has 8 nitrogen and oxygen atoms in total. The van der Waals surface area contributed by atoms with E-state index in [1.54, 1.807) is 6.33 Å². The van der Waals surface area contributed by atoms with E-state index in [1.807, 2.05) is 17.2 Å². The summed E-state index contributed by atoms with van der Waals surface area (Å²) in [6.45, 7) is 10.8. The van der Waals surface area contributed by atoms with Crippen LogP contribution in [0.2, 0.25) is 0 Å². The van der Waals surface area contributed by atoms with Gasteiger partial charge < -0.3 is 14.9 Å². The molecule has 0 spiro atoms. The third-order valence-electron chi connectivity index (χ3n) is 7.04. The Hall–Kier alpha value is -3.42. The maximum atomic E-state index is 11.9. The van der Waals surface area contributed by atoms with Crippen LogP contribution in [0.25, 0.3) is 10.9 Å². The summed E-state index contributed by atoms with van der Waals surface area (Å²) in [4.78, 5) is 25.4. The van der Waals surface area contributed by atoms with Gasteiger partial charge in [0.05, 0.1) is 6.20 Å². The number of phenolic OH excluding ortho intramolecular Hbond substituents is 1. The van der Waals surface area contributed by atoms with E-state index in [0.29, 0.717) is 24.5 Å². The zero-order valence-corrected chi connectivity index (χ0v) is 18.5. The van der Waals surface area contributed by atoms with Crippen LogP contribution in [0.4, 0.5) is 5.82 Å². The van der Waals surface area contributed by atoms with E-state index in [0.717, 1.165) is 48.4 Å². The summed E-state index contributed by atoms with van der Waals surface area (Å²) < 4.78 is 0. The highest BCUT2D eigenvalue weighted by molar-refractivity contribution is 5.89. The SMILES string of the molecule is C=CC(=O)N1CCN(c2ncnc3c2C[C@@H](C)[C@H](c2c(C)cc(O)c4[nH]ncc24)C3)CC1. The molecule has 0 bridgehead atoms. The van der Waals surface area contributed by atoms with Crippen LogP contribution in [0.15, 0.2) is 31.2 Å². The van der Waals surface area contributed by atoms with E-state index in [4.69, 9.17) is 0 Å². The number of hydrogen-bond donors (Lipinski definition) is 2. The van der Waals surface area contributed by atoms with Crippen LogP contribution in [-0.2, 0) is 17.6 Å². The summed E-state index contributed by atoms with van der Waals surface area (Å²) in [5, 5.41) is 18.4. The van der Waals surface area contributed by atoms with Crippen LogP contribution >= 0.6 is 0 Å². The molecule has 166 valence electrons. The number of piperazine rings is 1. The molecule has 1 aliphatic heterocycles. The summed E-state index contributed by atoms with van der Waals surface area (Å²) in [6.07, 6.45) is 6.58. The van der Waals surface area contributed by atoms with Gasteiger partial charge in [-0.3, -0.25) is 9.89 Å². The van der Waals surface area contributed by atoms with Crippen LogP contribution in [0, 0.1) is 12.8 Å².